The van der Waals surface area contributed by atoms with Gasteiger partial charge in [-0.05, 0) is 37.0 Å². The monoisotopic (exact) mass is 486 g/mol. The van der Waals surface area contributed by atoms with Gasteiger partial charge in [-0.1, -0.05) is 72.3 Å². The molecule has 7 nitrogen and oxygen atoms in total. The van der Waals surface area contributed by atoms with E-state index < -0.39 is 28.7 Å². The summed E-state index contributed by atoms with van der Waals surface area (Å²) in [6, 6.07) is 21.3. The summed E-state index contributed by atoms with van der Waals surface area (Å²) in [5, 5.41) is 32.4. The van der Waals surface area contributed by atoms with Crippen LogP contribution in [0.2, 0.25) is 0 Å². The molecule has 36 heavy (non-hydrogen) atoms. The van der Waals surface area contributed by atoms with Crippen molar-refractivity contribution in [3.05, 3.63) is 101 Å². The van der Waals surface area contributed by atoms with Crippen molar-refractivity contribution >= 4 is 11.9 Å². The Bertz CT molecular complexity index is 1310. The Balaban J connectivity index is 1.77. The molecule has 184 valence electrons. The normalized spacial score (nSPS) is 22.8. The van der Waals surface area contributed by atoms with E-state index in [1.807, 2.05) is 60.7 Å². The number of phenols is 1. The largest absolute Gasteiger partial charge is 0.507 e. The summed E-state index contributed by atoms with van der Waals surface area (Å²) in [5.74, 6) is -2.66. The summed E-state index contributed by atoms with van der Waals surface area (Å²) in [5.41, 5.74) is -1.11. The van der Waals surface area contributed by atoms with Crippen LogP contribution < -0.4 is 9.47 Å². The molecule has 0 spiro atoms. The zero-order valence-corrected chi connectivity index (χ0v) is 19.7. The minimum Gasteiger partial charge on any atom is -0.507 e. The van der Waals surface area contributed by atoms with Crippen LogP contribution in [0.4, 0.5) is 0 Å². The fourth-order valence-corrected chi connectivity index (χ4v) is 5.88. The van der Waals surface area contributed by atoms with Crippen molar-refractivity contribution in [2.45, 2.75) is 31.1 Å². The lowest BCUT2D eigenvalue weighted by Gasteiger charge is -2.46. The van der Waals surface area contributed by atoms with Gasteiger partial charge < -0.3 is 24.8 Å². The minimum atomic E-state index is -1.72. The molecule has 0 saturated carbocycles. The van der Waals surface area contributed by atoms with Gasteiger partial charge in [0.05, 0.1) is 5.41 Å². The number of carboxylic acids is 2. The van der Waals surface area contributed by atoms with Crippen LogP contribution in [0.3, 0.4) is 0 Å². The molecule has 0 amide bonds. The first kappa shape index (κ1) is 23.5. The first-order valence-corrected chi connectivity index (χ1v) is 11.6. The van der Waals surface area contributed by atoms with Crippen molar-refractivity contribution in [2.24, 2.45) is 5.41 Å². The summed E-state index contributed by atoms with van der Waals surface area (Å²) < 4.78 is 10.8. The van der Waals surface area contributed by atoms with Gasteiger partial charge in [0.25, 0.3) is 0 Å². The lowest BCUT2D eigenvalue weighted by molar-refractivity contribution is -0.153. The van der Waals surface area contributed by atoms with Crippen LogP contribution >= 0.6 is 0 Å². The third-order valence-electron chi connectivity index (χ3n) is 7.27. The van der Waals surface area contributed by atoms with Gasteiger partial charge in [-0.3, -0.25) is 9.59 Å². The lowest BCUT2D eigenvalue weighted by atomic mass is 9.54. The summed E-state index contributed by atoms with van der Waals surface area (Å²) >= 11 is 0. The zero-order valence-electron chi connectivity index (χ0n) is 19.7. The van der Waals surface area contributed by atoms with Crippen LogP contribution in [0.1, 0.15) is 42.4 Å². The maximum atomic E-state index is 13.3. The minimum absolute atomic E-state index is 0.0413. The fourth-order valence-electron chi connectivity index (χ4n) is 5.88. The van der Waals surface area contributed by atoms with Crippen LogP contribution in [0, 0.1) is 5.41 Å². The third-order valence-corrected chi connectivity index (χ3v) is 7.27. The molecule has 0 fully saturated rings. The molecule has 2 unspecified atom stereocenters. The molecule has 2 aliphatic rings. The van der Waals surface area contributed by atoms with Gasteiger partial charge in [-0.15, -0.1) is 0 Å². The van der Waals surface area contributed by atoms with Gasteiger partial charge in [-0.2, -0.15) is 0 Å². The Morgan fingerprint density at radius 2 is 1.42 bits per heavy atom. The van der Waals surface area contributed by atoms with E-state index in [2.05, 4.69) is 0 Å². The van der Waals surface area contributed by atoms with Crippen LogP contribution in [0.15, 0.2) is 84.4 Å². The van der Waals surface area contributed by atoms with Crippen molar-refractivity contribution < 1.29 is 34.4 Å². The number of carbonyl (C=O) groups is 2. The molecule has 0 radical (unpaired) electrons. The quantitative estimate of drug-likeness (QED) is 0.416. The van der Waals surface area contributed by atoms with E-state index >= 15 is 0 Å². The lowest BCUT2D eigenvalue weighted by Crippen LogP contribution is -2.50. The van der Waals surface area contributed by atoms with Crippen LogP contribution in [0.5, 0.6) is 17.2 Å². The molecule has 7 heteroatoms. The highest BCUT2D eigenvalue weighted by molar-refractivity contribution is 5.88. The Hall–Kier alpha value is -4.26. The van der Waals surface area contributed by atoms with Crippen LogP contribution in [0.25, 0.3) is 0 Å². The highest BCUT2D eigenvalue weighted by Crippen LogP contribution is 2.57. The number of allylic oxidation sites excluding steroid dienone is 1. The Kier molecular flexibility index (Phi) is 5.71. The number of carboxylic acid groups (broad SMARTS) is 2. The molecule has 0 bridgehead atoms. The van der Waals surface area contributed by atoms with Gasteiger partial charge >= 0.3 is 11.9 Å². The molecule has 1 aliphatic heterocycles. The first-order valence-electron chi connectivity index (χ1n) is 11.6. The second-order valence-electron chi connectivity index (χ2n) is 9.55. The zero-order chi connectivity index (χ0) is 25.5. The van der Waals surface area contributed by atoms with Gasteiger partial charge in [0.1, 0.15) is 11.2 Å². The third kappa shape index (κ3) is 3.68. The van der Waals surface area contributed by atoms with Gasteiger partial charge in [0, 0.05) is 17.5 Å². The highest BCUT2D eigenvalue weighted by Gasteiger charge is 2.58. The SMILES string of the molecule is CC1=CC(C(=O)O)(C(c2ccccc2)c2ccccc2)CC(C(=O)O)(c2cc3c(cc2O)OCO3)C1. The predicted molar refractivity (Wildman–Crippen MR) is 131 cm³/mol. The average Bonchev–Trinajstić information content (AvgIpc) is 3.31. The van der Waals surface area contributed by atoms with Gasteiger partial charge in [0.2, 0.25) is 6.79 Å². The molecule has 5 rings (SSSR count). The molecule has 0 saturated heterocycles. The van der Waals surface area contributed by atoms with E-state index in [-0.39, 0.29) is 30.9 Å². The molecule has 3 N–H and O–H groups in total. The number of rotatable bonds is 6. The molecule has 0 aromatic heterocycles. The Morgan fingerprint density at radius 1 is 0.861 bits per heavy atom. The standard InChI is InChI=1S/C29H26O7/c1-18-14-28(26(31)32,21-12-23-24(13-22(21)30)36-17-35-23)16-29(15-18,27(33)34)25(19-8-4-2-5-9-19)20-10-6-3-7-11-20/h2-13,15,25,30H,14,16-17H2,1H3,(H,31,32)(H,33,34). The maximum Gasteiger partial charge on any atom is 0.314 e. The molecular weight excluding hydrogens is 460 g/mol. The van der Waals surface area contributed by atoms with E-state index in [1.165, 1.54) is 12.1 Å². The number of aliphatic carboxylic acids is 2. The molecule has 1 heterocycles. The fraction of sp³-hybridized carbons (Fsp3) is 0.241. The number of hydrogen-bond acceptors (Lipinski definition) is 5. The van der Waals surface area contributed by atoms with Crippen LogP contribution in [-0.4, -0.2) is 34.1 Å². The van der Waals surface area contributed by atoms with E-state index in [9.17, 15) is 24.9 Å². The number of aromatic hydroxyl groups is 1. The van der Waals surface area contributed by atoms with Crippen LogP contribution in [-0.2, 0) is 15.0 Å². The van der Waals surface area contributed by atoms with Crippen molar-refractivity contribution in [2.75, 3.05) is 6.79 Å². The summed E-state index contributed by atoms with van der Waals surface area (Å²) in [6.07, 6.45) is 1.47. The molecular formula is C29H26O7. The Labute approximate surface area is 208 Å². The van der Waals surface area contributed by atoms with E-state index in [1.54, 1.807) is 13.0 Å². The number of hydrogen-bond donors (Lipinski definition) is 3. The molecule has 2 atom stereocenters. The number of ether oxygens (including phenoxy) is 2. The van der Waals surface area contributed by atoms with Crippen molar-refractivity contribution in [3.8, 4) is 17.2 Å². The van der Waals surface area contributed by atoms with Crippen molar-refractivity contribution in [1.82, 2.24) is 0 Å². The Morgan fingerprint density at radius 3 is 1.94 bits per heavy atom. The molecule has 3 aromatic rings. The maximum absolute atomic E-state index is 13.3. The average molecular weight is 487 g/mol. The number of phenolic OH excluding ortho intramolecular Hbond substituents is 1. The number of fused-ring (bicyclic) bond motifs is 1. The smallest absolute Gasteiger partial charge is 0.314 e. The van der Waals surface area contributed by atoms with Gasteiger partial charge in [-0.25, -0.2) is 0 Å². The summed E-state index contributed by atoms with van der Waals surface area (Å²) in [6.45, 7) is 1.70. The van der Waals surface area contributed by atoms with E-state index in [4.69, 9.17) is 9.47 Å². The predicted octanol–water partition coefficient (Wildman–Crippen LogP) is 5.09. The summed E-state index contributed by atoms with van der Waals surface area (Å²) in [4.78, 5) is 26.4. The second kappa shape index (κ2) is 8.75. The molecule has 3 aromatic carbocycles. The topological polar surface area (TPSA) is 113 Å². The molecule has 1 aliphatic carbocycles. The first-order chi connectivity index (χ1) is 17.3. The van der Waals surface area contributed by atoms with Crippen molar-refractivity contribution in [1.29, 1.82) is 0 Å². The van der Waals surface area contributed by atoms with E-state index in [0.717, 1.165) is 11.1 Å². The van der Waals surface area contributed by atoms with Gasteiger partial charge in [0.15, 0.2) is 11.5 Å². The second-order valence-corrected chi connectivity index (χ2v) is 9.55. The van der Waals surface area contributed by atoms with E-state index in [0.29, 0.717) is 17.1 Å². The van der Waals surface area contributed by atoms with Crippen molar-refractivity contribution in [3.63, 3.8) is 0 Å². The number of benzene rings is 3. The summed E-state index contributed by atoms with van der Waals surface area (Å²) in [7, 11) is 0. The highest BCUT2D eigenvalue weighted by atomic mass is 16.7.